The molecule has 0 aromatic heterocycles. The summed E-state index contributed by atoms with van der Waals surface area (Å²) in [5, 5.41) is 3.37. The molecule has 2 nitrogen and oxygen atoms in total. The average Bonchev–Trinajstić information content (AvgIpc) is 2.17. The molecule has 1 unspecified atom stereocenters. The summed E-state index contributed by atoms with van der Waals surface area (Å²) >= 11 is 0. The lowest BCUT2D eigenvalue weighted by Crippen LogP contribution is -2.41. The van der Waals surface area contributed by atoms with Crippen molar-refractivity contribution in [3.05, 3.63) is 11.6 Å². The van der Waals surface area contributed by atoms with E-state index in [1.807, 2.05) is 0 Å². The van der Waals surface area contributed by atoms with Gasteiger partial charge in [-0.2, -0.15) is 0 Å². The Balaban J connectivity index is 2.79. The summed E-state index contributed by atoms with van der Waals surface area (Å²) in [6, 6.07) is 0.209. The predicted molar refractivity (Wildman–Crippen MR) is 57.6 cm³/mol. The lowest BCUT2D eigenvalue weighted by Gasteiger charge is -2.34. The molecule has 0 saturated carbocycles. The molecule has 13 heavy (non-hydrogen) atoms. The summed E-state index contributed by atoms with van der Waals surface area (Å²) < 4.78 is 0. The van der Waals surface area contributed by atoms with Crippen LogP contribution < -0.4 is 11.1 Å². The minimum atomic E-state index is 0.209. The van der Waals surface area contributed by atoms with Gasteiger partial charge in [-0.1, -0.05) is 32.4 Å². The van der Waals surface area contributed by atoms with E-state index in [0.29, 0.717) is 5.41 Å². The van der Waals surface area contributed by atoms with E-state index in [0.717, 1.165) is 13.1 Å². The lowest BCUT2D eigenvalue weighted by atomic mass is 9.76. The van der Waals surface area contributed by atoms with Crippen molar-refractivity contribution in [3.63, 3.8) is 0 Å². The van der Waals surface area contributed by atoms with Gasteiger partial charge >= 0.3 is 0 Å². The predicted octanol–water partition coefficient (Wildman–Crippen LogP) is 1.67. The molecular weight excluding hydrogens is 160 g/mol. The van der Waals surface area contributed by atoms with Crippen molar-refractivity contribution in [2.24, 2.45) is 11.1 Å². The molecule has 1 heterocycles. The van der Waals surface area contributed by atoms with Crippen LogP contribution in [0.1, 0.15) is 33.6 Å². The second-order valence-corrected chi connectivity index (χ2v) is 4.25. The summed E-state index contributed by atoms with van der Waals surface area (Å²) in [6.45, 7) is 8.78. The van der Waals surface area contributed by atoms with Gasteiger partial charge in [0.25, 0.3) is 0 Å². The molecule has 0 radical (unpaired) electrons. The van der Waals surface area contributed by atoms with Crippen molar-refractivity contribution in [3.8, 4) is 0 Å². The molecule has 1 aliphatic heterocycles. The average molecular weight is 182 g/mol. The molecule has 0 amide bonds. The van der Waals surface area contributed by atoms with Crippen molar-refractivity contribution in [2.45, 2.75) is 39.7 Å². The second-order valence-electron chi connectivity index (χ2n) is 4.25. The van der Waals surface area contributed by atoms with Gasteiger partial charge < -0.3 is 11.1 Å². The van der Waals surface area contributed by atoms with E-state index in [1.165, 1.54) is 18.4 Å². The van der Waals surface area contributed by atoms with Crippen LogP contribution in [0.2, 0.25) is 0 Å². The highest BCUT2D eigenvalue weighted by Crippen LogP contribution is 2.34. The third kappa shape index (κ3) is 2.32. The molecule has 0 bridgehead atoms. The molecule has 76 valence electrons. The molecule has 0 fully saturated rings. The zero-order valence-electron chi connectivity index (χ0n) is 9.06. The van der Waals surface area contributed by atoms with E-state index in [4.69, 9.17) is 5.73 Å². The molecule has 3 N–H and O–H groups in total. The van der Waals surface area contributed by atoms with Crippen LogP contribution in [0.15, 0.2) is 11.6 Å². The van der Waals surface area contributed by atoms with Crippen molar-refractivity contribution in [1.82, 2.24) is 5.32 Å². The molecule has 2 heteroatoms. The summed E-state index contributed by atoms with van der Waals surface area (Å²) in [4.78, 5) is 0. The summed E-state index contributed by atoms with van der Waals surface area (Å²) in [5.74, 6) is 0. The Hall–Kier alpha value is -0.340. The SMILES string of the molecule is CCC(C)(CC)C1=CC(N)CNC1. The van der Waals surface area contributed by atoms with Gasteiger partial charge in [-0.15, -0.1) is 0 Å². The Morgan fingerprint density at radius 3 is 2.62 bits per heavy atom. The number of rotatable bonds is 3. The van der Waals surface area contributed by atoms with Gasteiger partial charge in [0.1, 0.15) is 0 Å². The lowest BCUT2D eigenvalue weighted by molar-refractivity contribution is 0.347. The minimum absolute atomic E-state index is 0.209. The van der Waals surface area contributed by atoms with Crippen LogP contribution >= 0.6 is 0 Å². The van der Waals surface area contributed by atoms with Gasteiger partial charge in [0.2, 0.25) is 0 Å². The van der Waals surface area contributed by atoms with E-state index in [-0.39, 0.29) is 6.04 Å². The minimum Gasteiger partial charge on any atom is -0.323 e. The molecule has 0 aromatic rings. The summed E-state index contributed by atoms with van der Waals surface area (Å²) in [6.07, 6.45) is 4.65. The van der Waals surface area contributed by atoms with Gasteiger partial charge in [0, 0.05) is 19.1 Å². The molecule has 0 spiro atoms. The van der Waals surface area contributed by atoms with E-state index >= 15 is 0 Å². The zero-order chi connectivity index (χ0) is 9.90. The number of hydrogen-bond acceptors (Lipinski definition) is 2. The standard InChI is InChI=1S/C11H22N2/c1-4-11(3,5-2)9-6-10(12)8-13-7-9/h6,10,13H,4-5,7-8,12H2,1-3H3. The van der Waals surface area contributed by atoms with Crippen molar-refractivity contribution < 1.29 is 0 Å². The smallest absolute Gasteiger partial charge is 0.0354 e. The first-order valence-electron chi connectivity index (χ1n) is 5.30. The molecular formula is C11H22N2. The Kier molecular flexibility index (Phi) is 3.51. The fraction of sp³-hybridized carbons (Fsp3) is 0.818. The van der Waals surface area contributed by atoms with Gasteiger partial charge in [-0.3, -0.25) is 0 Å². The van der Waals surface area contributed by atoms with Gasteiger partial charge in [-0.25, -0.2) is 0 Å². The summed E-state index contributed by atoms with van der Waals surface area (Å²) in [7, 11) is 0. The highest BCUT2D eigenvalue weighted by Gasteiger charge is 2.26. The second kappa shape index (κ2) is 4.25. The first-order chi connectivity index (χ1) is 6.12. The summed E-state index contributed by atoms with van der Waals surface area (Å²) in [5.41, 5.74) is 7.74. The quantitative estimate of drug-likeness (QED) is 0.652. The molecule has 0 aliphatic carbocycles. The Labute approximate surface area is 81.6 Å². The van der Waals surface area contributed by atoms with Crippen LogP contribution in [0.3, 0.4) is 0 Å². The monoisotopic (exact) mass is 182 g/mol. The number of hydrogen-bond donors (Lipinski definition) is 2. The van der Waals surface area contributed by atoms with Crippen LogP contribution in [-0.2, 0) is 0 Å². The number of nitrogens with one attached hydrogen (secondary N) is 1. The fourth-order valence-corrected chi connectivity index (χ4v) is 1.87. The number of nitrogens with two attached hydrogens (primary N) is 1. The normalized spacial score (nSPS) is 24.3. The maximum Gasteiger partial charge on any atom is 0.0354 e. The molecule has 1 rings (SSSR count). The van der Waals surface area contributed by atoms with Crippen LogP contribution in [0, 0.1) is 5.41 Å². The van der Waals surface area contributed by atoms with Crippen molar-refractivity contribution in [2.75, 3.05) is 13.1 Å². The highest BCUT2D eigenvalue weighted by molar-refractivity contribution is 5.20. The van der Waals surface area contributed by atoms with Crippen molar-refractivity contribution in [1.29, 1.82) is 0 Å². The highest BCUT2D eigenvalue weighted by atomic mass is 14.9. The van der Waals surface area contributed by atoms with Gasteiger partial charge in [0.15, 0.2) is 0 Å². The third-order valence-electron chi connectivity index (χ3n) is 3.45. The van der Waals surface area contributed by atoms with E-state index < -0.39 is 0 Å². The van der Waals surface area contributed by atoms with E-state index in [2.05, 4.69) is 32.2 Å². The first kappa shape index (κ1) is 10.7. The zero-order valence-corrected chi connectivity index (χ0v) is 9.06. The van der Waals surface area contributed by atoms with Crippen LogP contribution in [0.4, 0.5) is 0 Å². The Bertz CT molecular complexity index is 192. The maximum absolute atomic E-state index is 5.89. The van der Waals surface area contributed by atoms with E-state index in [9.17, 15) is 0 Å². The molecule has 1 atom stereocenters. The van der Waals surface area contributed by atoms with Crippen LogP contribution in [0.5, 0.6) is 0 Å². The molecule has 0 aromatic carbocycles. The maximum atomic E-state index is 5.89. The molecule has 0 saturated heterocycles. The van der Waals surface area contributed by atoms with Crippen LogP contribution in [0.25, 0.3) is 0 Å². The Morgan fingerprint density at radius 2 is 2.15 bits per heavy atom. The fourth-order valence-electron chi connectivity index (χ4n) is 1.87. The first-order valence-corrected chi connectivity index (χ1v) is 5.30. The van der Waals surface area contributed by atoms with Gasteiger partial charge in [0.05, 0.1) is 0 Å². The van der Waals surface area contributed by atoms with E-state index in [1.54, 1.807) is 0 Å². The van der Waals surface area contributed by atoms with Crippen molar-refractivity contribution >= 4 is 0 Å². The van der Waals surface area contributed by atoms with Crippen LogP contribution in [-0.4, -0.2) is 19.1 Å². The molecule has 1 aliphatic rings. The Morgan fingerprint density at radius 1 is 1.54 bits per heavy atom. The topological polar surface area (TPSA) is 38.0 Å². The largest absolute Gasteiger partial charge is 0.323 e. The van der Waals surface area contributed by atoms with Gasteiger partial charge in [-0.05, 0) is 18.3 Å². The third-order valence-corrected chi connectivity index (χ3v) is 3.45.